The lowest BCUT2D eigenvalue weighted by atomic mass is 10.1. The van der Waals surface area contributed by atoms with Gasteiger partial charge in [-0.05, 0) is 55.5 Å². The molecule has 1 aliphatic rings. The summed E-state index contributed by atoms with van der Waals surface area (Å²) in [7, 11) is 2.17. The molecule has 0 amide bonds. The molecule has 0 unspecified atom stereocenters. The van der Waals surface area contributed by atoms with Crippen molar-refractivity contribution in [2.45, 2.75) is 32.7 Å². The zero-order valence-electron chi connectivity index (χ0n) is 12.9. The maximum absolute atomic E-state index is 4.06. The van der Waals surface area contributed by atoms with Crippen LogP contribution in [0.15, 0.2) is 24.4 Å². The molecule has 4 nitrogen and oxygen atoms in total. The number of aryl methyl sites for hydroxylation is 2. The Hall–Kier alpha value is -1.81. The maximum atomic E-state index is 4.06. The van der Waals surface area contributed by atoms with Gasteiger partial charge in [-0.3, -0.25) is 5.10 Å². The van der Waals surface area contributed by atoms with Gasteiger partial charge in [-0.15, -0.1) is 0 Å². The summed E-state index contributed by atoms with van der Waals surface area (Å²) in [6, 6.07) is 6.86. The molecule has 21 heavy (non-hydrogen) atoms. The molecule has 4 heteroatoms. The molecular formula is C17H24N4. The van der Waals surface area contributed by atoms with Crippen molar-refractivity contribution in [3.8, 4) is 0 Å². The van der Waals surface area contributed by atoms with E-state index < -0.39 is 0 Å². The molecule has 1 aromatic carbocycles. The molecule has 0 bridgehead atoms. The minimum Gasteiger partial charge on any atom is -0.374 e. The van der Waals surface area contributed by atoms with E-state index in [9.17, 15) is 0 Å². The van der Waals surface area contributed by atoms with Gasteiger partial charge in [0, 0.05) is 31.5 Å². The Kier molecular flexibility index (Phi) is 4.25. The Morgan fingerprint density at radius 3 is 3.10 bits per heavy atom. The highest BCUT2D eigenvalue weighted by molar-refractivity contribution is 5.58. The fourth-order valence-electron chi connectivity index (χ4n) is 2.99. The van der Waals surface area contributed by atoms with E-state index in [4.69, 9.17) is 0 Å². The van der Waals surface area contributed by atoms with Crippen LogP contribution in [0.2, 0.25) is 0 Å². The van der Waals surface area contributed by atoms with Crippen LogP contribution in [0.25, 0.3) is 0 Å². The SMILES string of the molecule is Cc1[nH]ncc1CCCNCc1ccc2c(c1)CCN2C. The zero-order valence-corrected chi connectivity index (χ0v) is 12.9. The third kappa shape index (κ3) is 3.27. The van der Waals surface area contributed by atoms with Crippen LogP contribution in [-0.4, -0.2) is 30.3 Å². The Bertz CT molecular complexity index is 603. The number of benzene rings is 1. The summed E-state index contributed by atoms with van der Waals surface area (Å²) in [5.41, 5.74) is 6.80. The summed E-state index contributed by atoms with van der Waals surface area (Å²) in [5.74, 6) is 0. The van der Waals surface area contributed by atoms with E-state index in [1.54, 1.807) is 0 Å². The first-order chi connectivity index (χ1) is 10.2. The van der Waals surface area contributed by atoms with Gasteiger partial charge in [-0.25, -0.2) is 0 Å². The average Bonchev–Trinajstić information content (AvgIpc) is 3.05. The third-order valence-electron chi connectivity index (χ3n) is 4.33. The number of anilines is 1. The van der Waals surface area contributed by atoms with Crippen LogP contribution in [-0.2, 0) is 19.4 Å². The molecule has 3 rings (SSSR count). The molecule has 1 aliphatic heterocycles. The van der Waals surface area contributed by atoms with Gasteiger partial charge >= 0.3 is 0 Å². The monoisotopic (exact) mass is 284 g/mol. The molecule has 0 atom stereocenters. The maximum Gasteiger partial charge on any atom is 0.0522 e. The topological polar surface area (TPSA) is 44.0 Å². The molecule has 2 aromatic rings. The van der Waals surface area contributed by atoms with E-state index in [1.165, 1.54) is 34.5 Å². The van der Waals surface area contributed by atoms with Gasteiger partial charge < -0.3 is 10.2 Å². The Morgan fingerprint density at radius 2 is 2.29 bits per heavy atom. The van der Waals surface area contributed by atoms with Crippen molar-refractivity contribution in [1.82, 2.24) is 15.5 Å². The van der Waals surface area contributed by atoms with E-state index in [2.05, 4.69) is 52.6 Å². The average molecular weight is 284 g/mol. The predicted molar refractivity (Wildman–Crippen MR) is 86.8 cm³/mol. The van der Waals surface area contributed by atoms with Crippen molar-refractivity contribution in [2.75, 3.05) is 25.0 Å². The Morgan fingerprint density at radius 1 is 1.38 bits per heavy atom. The molecule has 0 aliphatic carbocycles. The molecule has 1 aromatic heterocycles. The van der Waals surface area contributed by atoms with Gasteiger partial charge in [0.15, 0.2) is 0 Å². The van der Waals surface area contributed by atoms with Crippen molar-refractivity contribution < 1.29 is 0 Å². The number of aromatic nitrogens is 2. The molecule has 0 fully saturated rings. The molecular weight excluding hydrogens is 260 g/mol. The van der Waals surface area contributed by atoms with Crippen molar-refractivity contribution in [2.24, 2.45) is 0 Å². The Labute approximate surface area is 126 Å². The quantitative estimate of drug-likeness (QED) is 0.801. The molecule has 0 saturated heterocycles. The number of nitrogens with one attached hydrogen (secondary N) is 2. The smallest absolute Gasteiger partial charge is 0.0522 e. The van der Waals surface area contributed by atoms with Crippen LogP contribution in [0.5, 0.6) is 0 Å². The van der Waals surface area contributed by atoms with Gasteiger partial charge in [-0.1, -0.05) is 12.1 Å². The van der Waals surface area contributed by atoms with Crippen molar-refractivity contribution in [3.05, 3.63) is 46.8 Å². The summed E-state index contributed by atoms with van der Waals surface area (Å²) in [6.07, 6.45) is 5.35. The lowest BCUT2D eigenvalue weighted by Crippen LogP contribution is -2.15. The lowest BCUT2D eigenvalue weighted by molar-refractivity contribution is 0.648. The molecule has 0 saturated carbocycles. The Balaban J connectivity index is 1.43. The fraction of sp³-hybridized carbons (Fsp3) is 0.471. The largest absolute Gasteiger partial charge is 0.374 e. The molecule has 0 spiro atoms. The van der Waals surface area contributed by atoms with Crippen molar-refractivity contribution in [1.29, 1.82) is 0 Å². The second-order valence-electron chi connectivity index (χ2n) is 5.94. The van der Waals surface area contributed by atoms with Crippen LogP contribution in [0.1, 0.15) is 28.8 Å². The van der Waals surface area contributed by atoms with Crippen LogP contribution in [0.4, 0.5) is 5.69 Å². The number of hydrogen-bond acceptors (Lipinski definition) is 3. The number of nitrogens with zero attached hydrogens (tertiary/aromatic N) is 2. The van der Waals surface area contributed by atoms with Crippen LogP contribution < -0.4 is 10.2 Å². The third-order valence-corrected chi connectivity index (χ3v) is 4.33. The minimum absolute atomic E-state index is 0.960. The lowest BCUT2D eigenvalue weighted by Gasteiger charge is -2.12. The van der Waals surface area contributed by atoms with Crippen LogP contribution in [0.3, 0.4) is 0 Å². The van der Waals surface area contributed by atoms with Crippen LogP contribution >= 0.6 is 0 Å². The molecule has 112 valence electrons. The summed E-state index contributed by atoms with van der Waals surface area (Å²) in [6.45, 7) is 5.23. The number of H-pyrrole nitrogens is 1. The van der Waals surface area contributed by atoms with E-state index >= 15 is 0 Å². The van der Waals surface area contributed by atoms with Crippen molar-refractivity contribution in [3.63, 3.8) is 0 Å². The zero-order chi connectivity index (χ0) is 14.7. The summed E-state index contributed by atoms with van der Waals surface area (Å²) in [4.78, 5) is 2.33. The summed E-state index contributed by atoms with van der Waals surface area (Å²) >= 11 is 0. The van der Waals surface area contributed by atoms with Gasteiger partial charge in [0.05, 0.1) is 6.20 Å². The molecule has 2 N–H and O–H groups in total. The first kappa shape index (κ1) is 14.1. The highest BCUT2D eigenvalue weighted by atomic mass is 15.1. The highest BCUT2D eigenvalue weighted by Crippen LogP contribution is 2.27. The fourth-order valence-corrected chi connectivity index (χ4v) is 2.99. The van der Waals surface area contributed by atoms with Gasteiger partial charge in [0.2, 0.25) is 0 Å². The number of rotatable bonds is 6. The van der Waals surface area contributed by atoms with Gasteiger partial charge in [0.1, 0.15) is 0 Å². The van der Waals surface area contributed by atoms with E-state index in [0.29, 0.717) is 0 Å². The normalized spacial score (nSPS) is 13.7. The van der Waals surface area contributed by atoms with E-state index in [0.717, 1.165) is 32.5 Å². The second-order valence-corrected chi connectivity index (χ2v) is 5.94. The number of aromatic amines is 1. The summed E-state index contributed by atoms with van der Waals surface area (Å²) in [5, 5.41) is 10.6. The van der Waals surface area contributed by atoms with Gasteiger partial charge in [0.25, 0.3) is 0 Å². The predicted octanol–water partition coefficient (Wildman–Crippen LogP) is 2.43. The van der Waals surface area contributed by atoms with E-state index in [-0.39, 0.29) is 0 Å². The first-order valence-electron chi connectivity index (χ1n) is 7.76. The first-order valence-corrected chi connectivity index (χ1v) is 7.76. The minimum atomic E-state index is 0.960. The van der Waals surface area contributed by atoms with Crippen LogP contribution in [0, 0.1) is 6.92 Å². The standard InChI is InChI=1S/C17H24N4/c1-13-16(12-19-20-13)4-3-8-18-11-14-5-6-17-15(10-14)7-9-21(17)2/h5-6,10,12,18H,3-4,7-9,11H2,1-2H3,(H,19,20). The number of fused-ring (bicyclic) bond motifs is 1. The summed E-state index contributed by atoms with van der Waals surface area (Å²) < 4.78 is 0. The van der Waals surface area contributed by atoms with E-state index in [1.807, 2.05) is 6.20 Å². The number of hydrogen-bond donors (Lipinski definition) is 2. The molecule has 2 heterocycles. The second kappa shape index (κ2) is 6.31. The highest BCUT2D eigenvalue weighted by Gasteiger charge is 2.15. The number of likely N-dealkylation sites (N-methyl/N-ethyl adjacent to an activating group) is 1. The van der Waals surface area contributed by atoms with Crippen molar-refractivity contribution >= 4 is 5.69 Å². The van der Waals surface area contributed by atoms with Gasteiger partial charge in [-0.2, -0.15) is 5.10 Å². The molecule has 0 radical (unpaired) electrons.